The molecule has 0 aliphatic rings. The van der Waals surface area contributed by atoms with Crippen LogP contribution < -0.4 is 5.73 Å². The SMILES string of the molecule is NC(=O)C(Cl)c1c(-c2ccccc2)nc2sc3ccccc3n12. The number of thiazole rings is 1. The highest BCUT2D eigenvalue weighted by molar-refractivity contribution is 7.23. The average molecular weight is 342 g/mol. The number of amides is 1. The van der Waals surface area contributed by atoms with E-state index < -0.39 is 11.3 Å². The Balaban J connectivity index is 2.11. The van der Waals surface area contributed by atoms with Gasteiger partial charge in [0.25, 0.3) is 0 Å². The van der Waals surface area contributed by atoms with Crippen molar-refractivity contribution in [2.75, 3.05) is 0 Å². The van der Waals surface area contributed by atoms with Gasteiger partial charge >= 0.3 is 0 Å². The summed E-state index contributed by atoms with van der Waals surface area (Å²) < 4.78 is 3.02. The minimum Gasteiger partial charge on any atom is -0.368 e. The van der Waals surface area contributed by atoms with Gasteiger partial charge in [-0.3, -0.25) is 9.20 Å². The molecule has 114 valence electrons. The topological polar surface area (TPSA) is 60.4 Å². The lowest BCUT2D eigenvalue weighted by Crippen LogP contribution is -2.18. The summed E-state index contributed by atoms with van der Waals surface area (Å²) in [5.41, 5.74) is 8.68. The number of halogens is 1. The number of aromatic nitrogens is 2. The number of hydrogen-bond donors (Lipinski definition) is 1. The molecular formula is C17H12ClN3OS. The highest BCUT2D eigenvalue weighted by atomic mass is 35.5. The fraction of sp³-hybridized carbons (Fsp3) is 0.0588. The number of para-hydroxylation sites is 1. The summed E-state index contributed by atoms with van der Waals surface area (Å²) in [6.45, 7) is 0. The number of imidazole rings is 1. The molecule has 2 aromatic carbocycles. The zero-order valence-electron chi connectivity index (χ0n) is 11.9. The summed E-state index contributed by atoms with van der Waals surface area (Å²) in [7, 11) is 0. The number of nitrogens with zero attached hydrogens (tertiary/aromatic N) is 2. The summed E-state index contributed by atoms with van der Waals surface area (Å²) in [4.78, 5) is 17.2. The van der Waals surface area contributed by atoms with Crippen molar-refractivity contribution in [3.05, 3.63) is 60.3 Å². The standard InChI is InChI=1S/C17H12ClN3OS/c18-13(16(19)22)15-14(10-6-2-1-3-7-10)20-17-21(15)11-8-4-5-9-12(11)23-17/h1-9,13H,(H2,19,22). The van der Waals surface area contributed by atoms with Crippen molar-refractivity contribution < 1.29 is 4.79 Å². The highest BCUT2D eigenvalue weighted by Crippen LogP contribution is 2.37. The van der Waals surface area contributed by atoms with E-state index in [0.717, 1.165) is 20.7 Å². The minimum absolute atomic E-state index is 0.582. The fourth-order valence-corrected chi connectivity index (χ4v) is 3.95. The quantitative estimate of drug-likeness (QED) is 0.573. The molecule has 0 fully saturated rings. The predicted molar refractivity (Wildman–Crippen MR) is 93.8 cm³/mol. The largest absolute Gasteiger partial charge is 0.368 e. The van der Waals surface area contributed by atoms with Gasteiger partial charge in [0.15, 0.2) is 10.3 Å². The Labute approximate surface area is 141 Å². The van der Waals surface area contributed by atoms with E-state index >= 15 is 0 Å². The van der Waals surface area contributed by atoms with Crippen LogP contribution in [0.2, 0.25) is 0 Å². The molecule has 0 saturated heterocycles. The summed E-state index contributed by atoms with van der Waals surface area (Å²) in [6, 6.07) is 17.6. The Morgan fingerprint density at radius 1 is 1.13 bits per heavy atom. The van der Waals surface area contributed by atoms with Crippen LogP contribution in [0.4, 0.5) is 0 Å². The van der Waals surface area contributed by atoms with Crippen LogP contribution in [0.15, 0.2) is 54.6 Å². The van der Waals surface area contributed by atoms with E-state index in [-0.39, 0.29) is 0 Å². The number of alkyl halides is 1. The Kier molecular flexibility index (Phi) is 3.32. The van der Waals surface area contributed by atoms with Gasteiger partial charge < -0.3 is 5.73 Å². The third kappa shape index (κ3) is 2.20. The molecule has 23 heavy (non-hydrogen) atoms. The van der Waals surface area contributed by atoms with Gasteiger partial charge in [-0.25, -0.2) is 4.98 Å². The third-order valence-corrected chi connectivity index (χ3v) is 5.17. The van der Waals surface area contributed by atoms with Crippen molar-refractivity contribution in [3.8, 4) is 11.3 Å². The van der Waals surface area contributed by atoms with Gasteiger partial charge in [0.1, 0.15) is 0 Å². The number of rotatable bonds is 3. The number of nitrogens with two attached hydrogens (primary N) is 1. The first-order valence-corrected chi connectivity index (χ1v) is 8.31. The molecule has 2 heterocycles. The van der Waals surface area contributed by atoms with Gasteiger partial charge in [-0.05, 0) is 12.1 Å². The Bertz CT molecular complexity index is 1020. The smallest absolute Gasteiger partial charge is 0.241 e. The highest BCUT2D eigenvalue weighted by Gasteiger charge is 2.26. The van der Waals surface area contributed by atoms with E-state index in [2.05, 4.69) is 0 Å². The monoisotopic (exact) mass is 341 g/mol. The van der Waals surface area contributed by atoms with Crippen molar-refractivity contribution in [3.63, 3.8) is 0 Å². The van der Waals surface area contributed by atoms with Crippen LogP contribution in [0.5, 0.6) is 0 Å². The number of benzene rings is 2. The van der Waals surface area contributed by atoms with Crippen molar-refractivity contribution in [2.24, 2.45) is 5.73 Å². The van der Waals surface area contributed by atoms with E-state index in [1.165, 1.54) is 0 Å². The summed E-state index contributed by atoms with van der Waals surface area (Å²) in [5.74, 6) is -0.582. The van der Waals surface area contributed by atoms with Crippen molar-refractivity contribution in [2.45, 2.75) is 5.38 Å². The molecule has 2 N–H and O–H groups in total. The number of fused-ring (bicyclic) bond motifs is 3. The van der Waals surface area contributed by atoms with Gasteiger partial charge in [0, 0.05) is 5.56 Å². The Morgan fingerprint density at radius 2 is 1.83 bits per heavy atom. The Hall–Kier alpha value is -2.37. The molecule has 0 spiro atoms. The molecule has 4 aromatic rings. The second-order valence-corrected chi connectivity index (χ2v) is 6.61. The molecule has 1 atom stereocenters. The van der Waals surface area contributed by atoms with Gasteiger partial charge in [-0.2, -0.15) is 0 Å². The minimum atomic E-state index is -0.946. The summed E-state index contributed by atoms with van der Waals surface area (Å²) in [6.07, 6.45) is 0. The molecule has 4 rings (SSSR count). The molecule has 0 aliphatic heterocycles. The van der Waals surface area contributed by atoms with E-state index in [9.17, 15) is 4.79 Å². The van der Waals surface area contributed by atoms with Crippen LogP contribution in [0, 0.1) is 0 Å². The van der Waals surface area contributed by atoms with Crippen LogP contribution in [-0.4, -0.2) is 15.3 Å². The van der Waals surface area contributed by atoms with Gasteiger partial charge in [-0.15, -0.1) is 11.6 Å². The maximum absolute atomic E-state index is 11.7. The van der Waals surface area contributed by atoms with Crippen molar-refractivity contribution in [1.82, 2.24) is 9.38 Å². The van der Waals surface area contributed by atoms with E-state index in [1.54, 1.807) is 11.3 Å². The molecule has 4 nitrogen and oxygen atoms in total. The number of primary amides is 1. The van der Waals surface area contributed by atoms with Gasteiger partial charge in [0.2, 0.25) is 5.91 Å². The first kappa shape index (κ1) is 14.2. The molecule has 0 radical (unpaired) electrons. The van der Waals surface area contributed by atoms with Crippen molar-refractivity contribution in [1.29, 1.82) is 0 Å². The maximum Gasteiger partial charge on any atom is 0.241 e. The molecule has 1 amide bonds. The predicted octanol–water partition coefficient (Wildman–Crippen LogP) is 3.98. The van der Waals surface area contributed by atoms with E-state index in [0.29, 0.717) is 11.4 Å². The van der Waals surface area contributed by atoms with Crippen LogP contribution in [0.3, 0.4) is 0 Å². The van der Waals surface area contributed by atoms with Crippen LogP contribution in [0.25, 0.3) is 26.4 Å². The molecular weight excluding hydrogens is 330 g/mol. The number of carbonyl (C=O) groups excluding carboxylic acids is 1. The summed E-state index contributed by atoms with van der Waals surface area (Å²) >= 11 is 7.90. The zero-order chi connectivity index (χ0) is 16.0. The van der Waals surface area contributed by atoms with E-state index in [1.807, 2.05) is 59.0 Å². The molecule has 0 aliphatic carbocycles. The lowest BCUT2D eigenvalue weighted by molar-refractivity contribution is -0.117. The average Bonchev–Trinajstić information content (AvgIpc) is 3.10. The second-order valence-electron chi connectivity index (χ2n) is 5.16. The maximum atomic E-state index is 11.7. The van der Waals surface area contributed by atoms with Crippen LogP contribution in [0.1, 0.15) is 11.1 Å². The van der Waals surface area contributed by atoms with E-state index in [4.69, 9.17) is 22.3 Å². The normalized spacial score (nSPS) is 12.7. The van der Waals surface area contributed by atoms with Gasteiger partial charge in [-0.1, -0.05) is 53.8 Å². The molecule has 0 saturated carbocycles. The molecule has 6 heteroatoms. The number of hydrogen-bond acceptors (Lipinski definition) is 3. The molecule has 1 unspecified atom stereocenters. The Morgan fingerprint density at radius 3 is 2.57 bits per heavy atom. The lowest BCUT2D eigenvalue weighted by Gasteiger charge is -2.08. The van der Waals surface area contributed by atoms with Gasteiger partial charge in [0.05, 0.1) is 21.6 Å². The first-order chi connectivity index (χ1) is 11.2. The second kappa shape index (κ2) is 5.37. The lowest BCUT2D eigenvalue weighted by atomic mass is 10.1. The van der Waals surface area contributed by atoms with Crippen molar-refractivity contribution >= 4 is 44.0 Å². The molecule has 2 aromatic heterocycles. The third-order valence-electron chi connectivity index (χ3n) is 3.73. The number of carbonyl (C=O) groups is 1. The first-order valence-electron chi connectivity index (χ1n) is 7.05. The summed E-state index contributed by atoms with van der Waals surface area (Å²) in [5, 5.41) is -0.946. The molecule has 0 bridgehead atoms. The van der Waals surface area contributed by atoms with Crippen LogP contribution in [-0.2, 0) is 4.79 Å². The fourth-order valence-electron chi connectivity index (χ4n) is 2.72. The zero-order valence-corrected chi connectivity index (χ0v) is 13.5. The van der Waals surface area contributed by atoms with Crippen LogP contribution >= 0.6 is 22.9 Å².